The van der Waals surface area contributed by atoms with Crippen molar-refractivity contribution in [3.05, 3.63) is 48.0 Å². The predicted octanol–water partition coefficient (Wildman–Crippen LogP) is 3.15. The molecule has 0 N–H and O–H groups in total. The van der Waals surface area contributed by atoms with Gasteiger partial charge < -0.3 is 0 Å². The van der Waals surface area contributed by atoms with E-state index in [-0.39, 0.29) is 10.4 Å². The van der Waals surface area contributed by atoms with Crippen molar-refractivity contribution in [1.29, 1.82) is 0 Å². The number of benzene rings is 1. The summed E-state index contributed by atoms with van der Waals surface area (Å²) in [7, 11) is -3.59. The molecule has 2 heterocycles. The molecule has 5 nitrogen and oxygen atoms in total. The fourth-order valence-electron chi connectivity index (χ4n) is 3.20. The Morgan fingerprint density at radius 2 is 1.67 bits per heavy atom. The topological polar surface area (TPSA) is 55.2 Å². The number of hydrogen-bond donors (Lipinski definition) is 0. The van der Waals surface area contributed by atoms with Crippen LogP contribution in [0, 0.1) is 6.92 Å². The molecule has 0 atom stereocenters. The van der Waals surface area contributed by atoms with Crippen LogP contribution in [-0.2, 0) is 15.6 Å². The van der Waals surface area contributed by atoms with Crippen molar-refractivity contribution in [1.82, 2.24) is 13.9 Å². The monoisotopic (exact) mass is 347 g/mol. The Hall–Kier alpha value is -1.66. The molecule has 1 aromatic heterocycles. The first-order chi connectivity index (χ1) is 11.3. The number of piperidine rings is 1. The van der Waals surface area contributed by atoms with Crippen molar-refractivity contribution in [2.75, 3.05) is 13.1 Å². The summed E-state index contributed by atoms with van der Waals surface area (Å²) in [6.07, 6.45) is 6.71. The van der Waals surface area contributed by atoms with Crippen molar-refractivity contribution in [3.63, 3.8) is 0 Å². The molecule has 2 aromatic rings. The van der Waals surface area contributed by atoms with Gasteiger partial charge in [0.15, 0.2) is 0 Å². The third-order valence-electron chi connectivity index (χ3n) is 4.93. The minimum Gasteiger partial charge on any atom is -0.293 e. The van der Waals surface area contributed by atoms with Crippen molar-refractivity contribution < 1.29 is 8.42 Å². The van der Waals surface area contributed by atoms with Crippen LogP contribution in [0.1, 0.15) is 44.4 Å². The summed E-state index contributed by atoms with van der Waals surface area (Å²) in [5.41, 5.74) is 1.56. The van der Waals surface area contributed by atoms with Crippen molar-refractivity contribution in [2.24, 2.45) is 0 Å². The van der Waals surface area contributed by atoms with Gasteiger partial charge in [-0.3, -0.25) is 4.90 Å². The number of aryl methyl sites for hydroxylation is 1. The molecule has 0 amide bonds. The quantitative estimate of drug-likeness (QED) is 0.852. The van der Waals surface area contributed by atoms with E-state index >= 15 is 0 Å². The van der Waals surface area contributed by atoms with E-state index in [0.29, 0.717) is 0 Å². The average molecular weight is 347 g/mol. The second-order valence-corrected chi connectivity index (χ2v) is 8.86. The number of aromatic nitrogens is 2. The second-order valence-electron chi connectivity index (χ2n) is 7.01. The maximum atomic E-state index is 12.8. The summed E-state index contributed by atoms with van der Waals surface area (Å²) >= 11 is 0. The summed E-state index contributed by atoms with van der Waals surface area (Å²) in [5.74, 6) is 0. The van der Waals surface area contributed by atoms with Crippen molar-refractivity contribution in [3.8, 4) is 0 Å². The predicted molar refractivity (Wildman–Crippen MR) is 94.4 cm³/mol. The average Bonchev–Trinajstić information content (AvgIpc) is 3.08. The van der Waals surface area contributed by atoms with Gasteiger partial charge in [0, 0.05) is 6.20 Å². The van der Waals surface area contributed by atoms with E-state index < -0.39 is 10.0 Å². The molecule has 0 unspecified atom stereocenters. The first-order valence-corrected chi connectivity index (χ1v) is 9.87. The Morgan fingerprint density at radius 1 is 1.04 bits per heavy atom. The van der Waals surface area contributed by atoms with Crippen LogP contribution in [0.5, 0.6) is 0 Å². The second kappa shape index (κ2) is 6.33. The van der Waals surface area contributed by atoms with Crippen LogP contribution in [0.15, 0.2) is 41.7 Å². The first-order valence-electron chi connectivity index (χ1n) is 8.43. The summed E-state index contributed by atoms with van der Waals surface area (Å²) in [6, 6.07) is 6.89. The van der Waals surface area contributed by atoms with E-state index in [1.54, 1.807) is 18.3 Å². The maximum Gasteiger partial charge on any atom is 0.268 e. The Bertz CT molecular complexity index is 801. The largest absolute Gasteiger partial charge is 0.293 e. The highest BCUT2D eigenvalue weighted by atomic mass is 32.2. The lowest BCUT2D eigenvalue weighted by Crippen LogP contribution is -2.44. The number of likely N-dealkylation sites (tertiary alicyclic amines) is 1. The van der Waals surface area contributed by atoms with Crippen LogP contribution in [0.4, 0.5) is 0 Å². The minimum absolute atomic E-state index is 0.269. The molecule has 0 radical (unpaired) electrons. The molecule has 1 aromatic carbocycles. The van der Waals surface area contributed by atoms with Gasteiger partial charge in [-0.2, -0.15) is 0 Å². The number of imidazole rings is 1. The van der Waals surface area contributed by atoms with Crippen LogP contribution in [0.2, 0.25) is 0 Å². The van der Waals surface area contributed by atoms with Gasteiger partial charge in [0.25, 0.3) is 10.0 Å². The number of rotatable bonds is 4. The lowest BCUT2D eigenvalue weighted by atomic mass is 9.95. The highest BCUT2D eigenvalue weighted by molar-refractivity contribution is 7.90. The first kappa shape index (κ1) is 17.2. The third kappa shape index (κ3) is 3.13. The van der Waals surface area contributed by atoms with E-state index in [1.807, 2.05) is 19.1 Å². The maximum absolute atomic E-state index is 12.8. The molecule has 1 aliphatic rings. The molecule has 3 rings (SSSR count). The highest BCUT2D eigenvalue weighted by Gasteiger charge is 2.32. The molecular formula is C18H25N3O2S. The van der Waals surface area contributed by atoms with Gasteiger partial charge in [-0.05, 0) is 58.8 Å². The van der Waals surface area contributed by atoms with Gasteiger partial charge in [0.1, 0.15) is 6.33 Å². The molecule has 0 saturated carbocycles. The van der Waals surface area contributed by atoms with Crippen LogP contribution in [0.3, 0.4) is 0 Å². The third-order valence-corrected chi connectivity index (χ3v) is 6.55. The zero-order chi connectivity index (χ0) is 17.4. The molecule has 1 fully saturated rings. The minimum atomic E-state index is -3.59. The van der Waals surface area contributed by atoms with E-state index in [2.05, 4.69) is 23.7 Å². The zero-order valence-corrected chi connectivity index (χ0v) is 15.4. The zero-order valence-electron chi connectivity index (χ0n) is 14.6. The number of nitrogens with zero attached hydrogens (tertiary/aromatic N) is 3. The van der Waals surface area contributed by atoms with Crippen LogP contribution in [0.25, 0.3) is 0 Å². The summed E-state index contributed by atoms with van der Waals surface area (Å²) in [6.45, 7) is 8.23. The molecule has 130 valence electrons. The van der Waals surface area contributed by atoms with Crippen molar-refractivity contribution >= 4 is 10.0 Å². The van der Waals surface area contributed by atoms with Gasteiger partial charge in [-0.25, -0.2) is 17.4 Å². The van der Waals surface area contributed by atoms with Crippen LogP contribution in [-0.4, -0.2) is 35.4 Å². The van der Waals surface area contributed by atoms with E-state index in [4.69, 9.17) is 0 Å². The lowest BCUT2D eigenvalue weighted by Gasteiger charge is -2.39. The van der Waals surface area contributed by atoms with Gasteiger partial charge in [0.2, 0.25) is 0 Å². The summed E-state index contributed by atoms with van der Waals surface area (Å²) in [5, 5.41) is 0. The Morgan fingerprint density at radius 3 is 2.29 bits per heavy atom. The van der Waals surface area contributed by atoms with E-state index in [9.17, 15) is 8.42 Å². The summed E-state index contributed by atoms with van der Waals surface area (Å²) in [4.78, 5) is 7.09. The molecule has 1 saturated heterocycles. The normalized spacial score (nSPS) is 17.1. The van der Waals surface area contributed by atoms with Gasteiger partial charge >= 0.3 is 0 Å². The fourth-order valence-corrected chi connectivity index (χ4v) is 4.33. The molecule has 0 aliphatic carbocycles. The standard InChI is InChI=1S/C18H25N3O2S/c1-15-7-9-16(10-8-15)24(22,23)21-13-17(19-14-21)18(2,3)20-11-5-4-6-12-20/h7-10,13-14H,4-6,11-12H2,1-3H3. The Kier molecular flexibility index (Phi) is 4.53. The SMILES string of the molecule is Cc1ccc(S(=O)(=O)n2cnc(C(C)(C)N3CCCCC3)c2)cc1. The van der Waals surface area contributed by atoms with Gasteiger partial charge in [-0.1, -0.05) is 24.1 Å². The molecule has 0 spiro atoms. The van der Waals surface area contributed by atoms with E-state index in [0.717, 1.165) is 24.3 Å². The fraction of sp³-hybridized carbons (Fsp3) is 0.500. The van der Waals surface area contributed by atoms with Crippen LogP contribution < -0.4 is 0 Å². The number of hydrogen-bond acceptors (Lipinski definition) is 4. The van der Waals surface area contributed by atoms with Crippen LogP contribution >= 0.6 is 0 Å². The summed E-state index contributed by atoms with van der Waals surface area (Å²) < 4.78 is 26.8. The molecule has 0 bridgehead atoms. The molecule has 6 heteroatoms. The smallest absolute Gasteiger partial charge is 0.268 e. The van der Waals surface area contributed by atoms with Crippen molar-refractivity contribution in [2.45, 2.75) is 50.5 Å². The molecular weight excluding hydrogens is 322 g/mol. The Labute approximate surface area is 144 Å². The molecule has 1 aliphatic heterocycles. The highest BCUT2D eigenvalue weighted by Crippen LogP contribution is 2.30. The lowest BCUT2D eigenvalue weighted by molar-refractivity contribution is 0.0911. The van der Waals surface area contributed by atoms with Gasteiger partial charge in [-0.15, -0.1) is 0 Å². The Balaban J connectivity index is 1.90. The molecule has 24 heavy (non-hydrogen) atoms. The van der Waals surface area contributed by atoms with E-state index in [1.165, 1.54) is 29.6 Å². The van der Waals surface area contributed by atoms with Gasteiger partial charge in [0.05, 0.1) is 16.1 Å².